The number of hydrogen-bond acceptors (Lipinski definition) is 5. The van der Waals surface area contributed by atoms with Gasteiger partial charge in [0.1, 0.15) is 0 Å². The first-order chi connectivity index (χ1) is 8.69. The lowest BCUT2D eigenvalue weighted by atomic mass is 10.1. The molecule has 0 spiro atoms. The number of nitro groups is 1. The van der Waals surface area contributed by atoms with E-state index >= 15 is 0 Å². The van der Waals surface area contributed by atoms with Crippen LogP contribution < -0.4 is 10.6 Å². The number of benzene rings is 1. The molecule has 1 aliphatic rings. The molecule has 0 aromatic heterocycles. The van der Waals surface area contributed by atoms with E-state index in [1.54, 1.807) is 13.1 Å². The van der Waals surface area contributed by atoms with Crippen molar-refractivity contribution in [2.75, 3.05) is 35.7 Å². The van der Waals surface area contributed by atoms with E-state index in [2.05, 4.69) is 10.6 Å². The number of rotatable bonds is 5. The van der Waals surface area contributed by atoms with E-state index in [-0.39, 0.29) is 10.6 Å². The van der Waals surface area contributed by atoms with Crippen LogP contribution in [0.5, 0.6) is 0 Å². The highest BCUT2D eigenvalue weighted by atomic mass is 32.2. The number of hydrogen-bond donors (Lipinski definition) is 2. The van der Waals surface area contributed by atoms with Crippen LogP contribution in [0.1, 0.15) is 6.42 Å². The van der Waals surface area contributed by atoms with Crippen LogP contribution in [-0.4, -0.2) is 30.0 Å². The van der Waals surface area contributed by atoms with Crippen molar-refractivity contribution in [3.8, 4) is 0 Å². The Balaban J connectivity index is 2.05. The summed E-state index contributed by atoms with van der Waals surface area (Å²) in [6.07, 6.45) is 1.23. The zero-order valence-electron chi connectivity index (χ0n) is 10.3. The molecule has 1 aromatic rings. The van der Waals surface area contributed by atoms with Crippen molar-refractivity contribution in [1.29, 1.82) is 0 Å². The van der Waals surface area contributed by atoms with Crippen LogP contribution in [-0.2, 0) is 0 Å². The molecule has 1 aliphatic heterocycles. The van der Waals surface area contributed by atoms with Gasteiger partial charge >= 0.3 is 0 Å². The topological polar surface area (TPSA) is 67.2 Å². The van der Waals surface area contributed by atoms with Crippen LogP contribution in [0.15, 0.2) is 18.2 Å². The average Bonchev–Trinajstić information content (AvgIpc) is 2.89. The highest BCUT2D eigenvalue weighted by Crippen LogP contribution is 2.26. The minimum absolute atomic E-state index is 0.116. The minimum atomic E-state index is -0.364. The molecule has 18 heavy (non-hydrogen) atoms. The number of nitrogens with one attached hydrogen (secondary N) is 2. The fourth-order valence-corrected chi connectivity index (χ4v) is 3.25. The molecule has 1 heterocycles. The largest absolute Gasteiger partial charge is 0.388 e. The van der Waals surface area contributed by atoms with Gasteiger partial charge in [-0.1, -0.05) is 0 Å². The maximum Gasteiger partial charge on any atom is 0.273 e. The molecule has 0 bridgehead atoms. The van der Waals surface area contributed by atoms with Crippen LogP contribution in [0, 0.1) is 16.0 Å². The molecular formula is C12H17N3O2S. The van der Waals surface area contributed by atoms with E-state index in [4.69, 9.17) is 0 Å². The fraction of sp³-hybridized carbons (Fsp3) is 0.500. The zero-order valence-corrected chi connectivity index (χ0v) is 11.1. The Morgan fingerprint density at radius 3 is 2.83 bits per heavy atom. The number of nitrogens with zero attached hydrogens (tertiary/aromatic N) is 1. The molecule has 1 fully saturated rings. The molecule has 6 heteroatoms. The third-order valence-electron chi connectivity index (χ3n) is 3.04. The number of non-ortho nitro benzene ring substituents is 1. The first kappa shape index (κ1) is 13.0. The molecule has 1 atom stereocenters. The summed E-state index contributed by atoms with van der Waals surface area (Å²) in [6.45, 7) is 0.886. The first-order valence-corrected chi connectivity index (χ1v) is 7.13. The lowest BCUT2D eigenvalue weighted by Gasteiger charge is -2.12. The van der Waals surface area contributed by atoms with Gasteiger partial charge in [-0.15, -0.1) is 0 Å². The van der Waals surface area contributed by atoms with Crippen molar-refractivity contribution >= 4 is 28.8 Å². The normalized spacial score (nSPS) is 18.6. The van der Waals surface area contributed by atoms with Gasteiger partial charge in [0.05, 0.1) is 4.92 Å². The zero-order chi connectivity index (χ0) is 13.0. The van der Waals surface area contributed by atoms with Crippen LogP contribution in [0.25, 0.3) is 0 Å². The van der Waals surface area contributed by atoms with Crippen LogP contribution in [0.3, 0.4) is 0 Å². The predicted octanol–water partition coefficient (Wildman–Crippen LogP) is 2.80. The summed E-state index contributed by atoms with van der Waals surface area (Å²) in [7, 11) is 1.76. The van der Waals surface area contributed by atoms with E-state index in [0.29, 0.717) is 5.92 Å². The second kappa shape index (κ2) is 5.95. The summed E-state index contributed by atoms with van der Waals surface area (Å²) in [5.74, 6) is 3.08. The van der Waals surface area contributed by atoms with Crippen molar-refractivity contribution in [2.45, 2.75) is 6.42 Å². The Labute approximate surface area is 110 Å². The Bertz CT molecular complexity index is 433. The predicted molar refractivity (Wildman–Crippen MR) is 76.6 cm³/mol. The Morgan fingerprint density at radius 1 is 1.44 bits per heavy atom. The van der Waals surface area contributed by atoms with Crippen LogP contribution >= 0.6 is 11.8 Å². The Kier molecular flexibility index (Phi) is 4.30. The molecule has 1 aromatic carbocycles. The van der Waals surface area contributed by atoms with Crippen molar-refractivity contribution in [2.24, 2.45) is 5.92 Å². The van der Waals surface area contributed by atoms with Crippen LogP contribution in [0.4, 0.5) is 17.1 Å². The molecule has 2 N–H and O–H groups in total. The summed E-state index contributed by atoms with van der Waals surface area (Å²) < 4.78 is 0. The highest BCUT2D eigenvalue weighted by molar-refractivity contribution is 7.99. The van der Waals surface area contributed by atoms with Crippen molar-refractivity contribution in [1.82, 2.24) is 0 Å². The van der Waals surface area contributed by atoms with E-state index in [1.807, 2.05) is 17.8 Å². The minimum Gasteiger partial charge on any atom is -0.388 e. The second-order valence-electron chi connectivity index (χ2n) is 4.39. The second-order valence-corrected chi connectivity index (χ2v) is 5.54. The van der Waals surface area contributed by atoms with E-state index in [0.717, 1.165) is 17.9 Å². The molecule has 1 saturated heterocycles. The van der Waals surface area contributed by atoms with Gasteiger partial charge in [0.2, 0.25) is 0 Å². The molecule has 0 aliphatic carbocycles. The van der Waals surface area contributed by atoms with Gasteiger partial charge in [-0.25, -0.2) is 0 Å². The monoisotopic (exact) mass is 267 g/mol. The average molecular weight is 267 g/mol. The van der Waals surface area contributed by atoms with E-state index in [1.165, 1.54) is 24.0 Å². The van der Waals surface area contributed by atoms with Crippen molar-refractivity contribution < 1.29 is 4.92 Å². The maximum absolute atomic E-state index is 10.8. The van der Waals surface area contributed by atoms with Gasteiger partial charge in [0.15, 0.2) is 0 Å². The lowest BCUT2D eigenvalue weighted by Crippen LogP contribution is -2.13. The fourth-order valence-electron chi connectivity index (χ4n) is 1.97. The Hall–Kier alpha value is -1.43. The van der Waals surface area contributed by atoms with Gasteiger partial charge in [0, 0.05) is 37.1 Å². The molecule has 0 saturated carbocycles. The molecule has 98 valence electrons. The SMILES string of the molecule is CNc1cc(NCC2CCSC2)cc([N+](=O)[O-])c1. The summed E-state index contributed by atoms with van der Waals surface area (Å²) in [4.78, 5) is 10.5. The van der Waals surface area contributed by atoms with Crippen molar-refractivity contribution in [3.05, 3.63) is 28.3 Å². The summed E-state index contributed by atoms with van der Waals surface area (Å²) >= 11 is 1.97. The standard InChI is InChI=1S/C12H17N3O2S/c1-13-10-4-11(6-12(5-10)15(16)17)14-7-9-2-3-18-8-9/h4-6,9,13-14H,2-3,7-8H2,1H3. The Morgan fingerprint density at radius 2 is 2.22 bits per heavy atom. The highest BCUT2D eigenvalue weighted by Gasteiger charge is 2.16. The molecule has 5 nitrogen and oxygen atoms in total. The summed E-state index contributed by atoms with van der Waals surface area (Å²) in [6, 6.07) is 5.02. The molecular weight excluding hydrogens is 250 g/mol. The van der Waals surface area contributed by atoms with Gasteiger partial charge in [-0.3, -0.25) is 10.1 Å². The van der Waals surface area contributed by atoms with Gasteiger partial charge in [-0.05, 0) is 29.9 Å². The summed E-state index contributed by atoms with van der Waals surface area (Å²) in [5.41, 5.74) is 1.68. The third kappa shape index (κ3) is 3.29. The molecule has 0 radical (unpaired) electrons. The number of thioether (sulfide) groups is 1. The molecule has 1 unspecified atom stereocenters. The smallest absolute Gasteiger partial charge is 0.273 e. The van der Waals surface area contributed by atoms with E-state index in [9.17, 15) is 10.1 Å². The summed E-state index contributed by atoms with van der Waals surface area (Å²) in [5, 5.41) is 17.1. The number of anilines is 2. The number of nitro benzene ring substituents is 1. The van der Waals surface area contributed by atoms with Gasteiger partial charge in [0.25, 0.3) is 5.69 Å². The van der Waals surface area contributed by atoms with Crippen LogP contribution in [0.2, 0.25) is 0 Å². The van der Waals surface area contributed by atoms with Gasteiger partial charge in [-0.2, -0.15) is 11.8 Å². The van der Waals surface area contributed by atoms with Gasteiger partial charge < -0.3 is 10.6 Å². The lowest BCUT2D eigenvalue weighted by molar-refractivity contribution is -0.384. The molecule has 2 rings (SSSR count). The third-order valence-corrected chi connectivity index (χ3v) is 4.27. The quantitative estimate of drug-likeness (QED) is 0.634. The first-order valence-electron chi connectivity index (χ1n) is 5.98. The van der Waals surface area contributed by atoms with E-state index < -0.39 is 0 Å². The molecule has 0 amide bonds. The van der Waals surface area contributed by atoms with Crippen molar-refractivity contribution in [3.63, 3.8) is 0 Å². The maximum atomic E-state index is 10.8.